The number of thioether (sulfide) groups is 1. The van der Waals surface area contributed by atoms with Gasteiger partial charge in [0, 0.05) is 31.0 Å². The second-order valence-electron chi connectivity index (χ2n) is 5.34. The molecule has 1 aliphatic heterocycles. The summed E-state index contributed by atoms with van der Waals surface area (Å²) in [5.41, 5.74) is 0.0142. The Morgan fingerprint density at radius 1 is 1.35 bits per heavy atom. The SMILES string of the molecule is O=[N+]([O-])c1ccc(OCC(O)CSC(=S)N2CCCCC2)cc1. The Morgan fingerprint density at radius 2 is 2.00 bits per heavy atom. The third kappa shape index (κ3) is 5.96. The van der Waals surface area contributed by atoms with E-state index in [0.717, 1.165) is 17.4 Å². The van der Waals surface area contributed by atoms with Crippen LogP contribution < -0.4 is 4.74 Å². The molecule has 1 heterocycles. The van der Waals surface area contributed by atoms with Crippen molar-refractivity contribution >= 4 is 34.0 Å². The van der Waals surface area contributed by atoms with Gasteiger partial charge in [-0.15, -0.1) is 0 Å². The summed E-state index contributed by atoms with van der Waals surface area (Å²) < 4.78 is 6.27. The van der Waals surface area contributed by atoms with E-state index in [2.05, 4.69) is 4.90 Å². The molecule has 1 atom stereocenters. The summed E-state index contributed by atoms with van der Waals surface area (Å²) in [7, 11) is 0. The van der Waals surface area contributed by atoms with Crippen LogP contribution in [0.25, 0.3) is 0 Å². The molecule has 0 aliphatic carbocycles. The number of hydrogen-bond acceptors (Lipinski definition) is 6. The monoisotopic (exact) mass is 356 g/mol. The number of hydrogen-bond donors (Lipinski definition) is 1. The average Bonchev–Trinajstić information content (AvgIpc) is 2.59. The number of piperidine rings is 1. The van der Waals surface area contributed by atoms with E-state index < -0.39 is 11.0 Å². The third-order valence-electron chi connectivity index (χ3n) is 3.50. The Bertz CT molecular complexity index is 533. The number of nitro benzene ring substituents is 1. The van der Waals surface area contributed by atoms with Crippen molar-refractivity contribution < 1.29 is 14.8 Å². The van der Waals surface area contributed by atoms with Crippen molar-refractivity contribution in [2.24, 2.45) is 0 Å². The van der Waals surface area contributed by atoms with Crippen LogP contribution in [0.4, 0.5) is 5.69 Å². The highest BCUT2D eigenvalue weighted by Crippen LogP contribution is 2.19. The molecule has 23 heavy (non-hydrogen) atoms. The van der Waals surface area contributed by atoms with Crippen molar-refractivity contribution in [2.45, 2.75) is 25.4 Å². The van der Waals surface area contributed by atoms with E-state index >= 15 is 0 Å². The highest BCUT2D eigenvalue weighted by molar-refractivity contribution is 8.22. The fraction of sp³-hybridized carbons (Fsp3) is 0.533. The standard InChI is InChI=1S/C15H20N2O4S2/c18-13(11-23-15(22)16-8-2-1-3-9-16)10-21-14-6-4-12(5-7-14)17(19)20/h4-7,13,18H,1-3,8-11H2. The Kier molecular flexibility index (Phi) is 7.07. The second-order valence-corrected chi connectivity index (χ2v) is 6.99. The Morgan fingerprint density at radius 3 is 2.61 bits per heavy atom. The first-order chi connectivity index (χ1) is 11.1. The lowest BCUT2D eigenvalue weighted by Gasteiger charge is -2.28. The maximum atomic E-state index is 10.6. The topological polar surface area (TPSA) is 75.8 Å². The van der Waals surface area contributed by atoms with E-state index in [9.17, 15) is 15.2 Å². The smallest absolute Gasteiger partial charge is 0.269 e. The van der Waals surface area contributed by atoms with Gasteiger partial charge in [0.2, 0.25) is 0 Å². The summed E-state index contributed by atoms with van der Waals surface area (Å²) in [6.07, 6.45) is 2.96. The molecule has 1 aromatic carbocycles. The van der Waals surface area contributed by atoms with Crippen LogP contribution in [0.5, 0.6) is 5.75 Å². The van der Waals surface area contributed by atoms with Gasteiger partial charge in [0.15, 0.2) is 0 Å². The second kappa shape index (κ2) is 9.05. The number of likely N-dealkylation sites (tertiary alicyclic amines) is 1. The van der Waals surface area contributed by atoms with Crippen molar-refractivity contribution in [3.63, 3.8) is 0 Å². The quantitative estimate of drug-likeness (QED) is 0.477. The predicted octanol–water partition coefficient (Wildman–Crippen LogP) is 2.84. The summed E-state index contributed by atoms with van der Waals surface area (Å²) in [4.78, 5) is 12.3. The molecule has 1 N–H and O–H groups in total. The van der Waals surface area contributed by atoms with Crippen molar-refractivity contribution in [1.82, 2.24) is 4.90 Å². The van der Waals surface area contributed by atoms with E-state index in [4.69, 9.17) is 17.0 Å². The molecule has 0 amide bonds. The van der Waals surface area contributed by atoms with Gasteiger partial charge < -0.3 is 14.7 Å². The number of rotatable bonds is 6. The summed E-state index contributed by atoms with van der Waals surface area (Å²) in [5.74, 6) is 0.973. The molecule has 0 radical (unpaired) electrons. The van der Waals surface area contributed by atoms with Gasteiger partial charge in [0.25, 0.3) is 5.69 Å². The van der Waals surface area contributed by atoms with E-state index in [1.54, 1.807) is 0 Å². The molecule has 6 nitrogen and oxygen atoms in total. The molecule has 1 aliphatic rings. The van der Waals surface area contributed by atoms with Crippen LogP contribution >= 0.6 is 24.0 Å². The van der Waals surface area contributed by atoms with Gasteiger partial charge in [-0.2, -0.15) is 0 Å². The number of ether oxygens (including phenoxy) is 1. The van der Waals surface area contributed by atoms with E-state index in [-0.39, 0.29) is 12.3 Å². The largest absolute Gasteiger partial charge is 0.491 e. The van der Waals surface area contributed by atoms with Gasteiger partial charge in [-0.1, -0.05) is 24.0 Å². The molecular weight excluding hydrogens is 336 g/mol. The summed E-state index contributed by atoms with van der Waals surface area (Å²) in [6, 6.07) is 5.80. The molecule has 0 spiro atoms. The van der Waals surface area contributed by atoms with Gasteiger partial charge in [-0.25, -0.2) is 0 Å². The number of non-ortho nitro benzene ring substituents is 1. The fourth-order valence-corrected chi connectivity index (χ4v) is 3.42. The van der Waals surface area contributed by atoms with E-state index in [0.29, 0.717) is 11.5 Å². The number of nitrogens with zero attached hydrogens (tertiary/aromatic N) is 2. The summed E-state index contributed by atoms with van der Waals surface area (Å²) >= 11 is 6.85. The van der Waals surface area contributed by atoms with Crippen molar-refractivity contribution in [2.75, 3.05) is 25.4 Å². The zero-order valence-corrected chi connectivity index (χ0v) is 14.4. The molecule has 0 bridgehead atoms. The van der Waals surface area contributed by atoms with Crippen LogP contribution in [0.1, 0.15) is 19.3 Å². The summed E-state index contributed by atoms with van der Waals surface area (Å²) in [6.45, 7) is 2.13. The lowest BCUT2D eigenvalue weighted by molar-refractivity contribution is -0.384. The minimum absolute atomic E-state index is 0.0142. The predicted molar refractivity (Wildman–Crippen MR) is 95.1 cm³/mol. The fourth-order valence-electron chi connectivity index (χ4n) is 2.24. The molecule has 0 aromatic heterocycles. The number of aliphatic hydroxyl groups excluding tert-OH is 1. The van der Waals surface area contributed by atoms with Crippen LogP contribution in [0.2, 0.25) is 0 Å². The van der Waals surface area contributed by atoms with E-state index in [1.165, 1.54) is 55.3 Å². The van der Waals surface area contributed by atoms with Crippen LogP contribution in [0, 0.1) is 10.1 Å². The average molecular weight is 356 g/mol. The van der Waals surface area contributed by atoms with Gasteiger partial charge in [0.05, 0.1) is 11.0 Å². The molecular formula is C15H20N2O4S2. The van der Waals surface area contributed by atoms with E-state index in [1.807, 2.05) is 0 Å². The van der Waals surface area contributed by atoms with Gasteiger partial charge in [0.1, 0.15) is 16.7 Å². The Hall–Kier alpha value is -1.38. The first-order valence-electron chi connectivity index (χ1n) is 7.53. The van der Waals surface area contributed by atoms with Crippen LogP contribution in [0.15, 0.2) is 24.3 Å². The molecule has 0 saturated carbocycles. The Balaban J connectivity index is 1.69. The first-order valence-corrected chi connectivity index (χ1v) is 8.92. The van der Waals surface area contributed by atoms with Crippen LogP contribution in [0.3, 0.4) is 0 Å². The molecule has 1 aromatic rings. The first kappa shape index (κ1) is 18.0. The third-order valence-corrected chi connectivity index (χ3v) is 5.17. The van der Waals surface area contributed by atoms with Crippen molar-refractivity contribution in [1.29, 1.82) is 0 Å². The molecule has 1 unspecified atom stereocenters. The number of thiocarbonyl (C=S) groups is 1. The van der Waals surface area contributed by atoms with Gasteiger partial charge in [-0.05, 0) is 31.4 Å². The van der Waals surface area contributed by atoms with Crippen LogP contribution in [-0.4, -0.2) is 50.8 Å². The molecule has 1 saturated heterocycles. The number of aliphatic hydroxyl groups is 1. The summed E-state index contributed by atoms with van der Waals surface area (Å²) in [5, 5.41) is 20.5. The molecule has 126 valence electrons. The lowest BCUT2D eigenvalue weighted by atomic mass is 10.1. The lowest BCUT2D eigenvalue weighted by Crippen LogP contribution is -2.33. The van der Waals surface area contributed by atoms with Gasteiger partial charge >= 0.3 is 0 Å². The maximum Gasteiger partial charge on any atom is 0.269 e. The number of nitro groups is 1. The highest BCUT2D eigenvalue weighted by atomic mass is 32.2. The zero-order chi connectivity index (χ0) is 16.7. The minimum Gasteiger partial charge on any atom is -0.491 e. The normalized spacial score (nSPS) is 16.0. The zero-order valence-electron chi connectivity index (χ0n) is 12.7. The molecule has 1 fully saturated rings. The van der Waals surface area contributed by atoms with Crippen molar-refractivity contribution in [3.05, 3.63) is 34.4 Å². The highest BCUT2D eigenvalue weighted by Gasteiger charge is 2.15. The van der Waals surface area contributed by atoms with Crippen LogP contribution in [-0.2, 0) is 0 Å². The maximum absolute atomic E-state index is 10.6. The van der Waals surface area contributed by atoms with Gasteiger partial charge in [-0.3, -0.25) is 10.1 Å². The molecule has 2 rings (SSSR count). The molecule has 8 heteroatoms. The Labute approximate surface area is 145 Å². The number of benzene rings is 1. The van der Waals surface area contributed by atoms with Crippen molar-refractivity contribution in [3.8, 4) is 5.75 Å². The minimum atomic E-state index is -0.641.